The van der Waals surface area contributed by atoms with Crippen molar-refractivity contribution < 1.29 is 13.9 Å². The minimum absolute atomic E-state index is 0.0421. The number of halogens is 2. The van der Waals surface area contributed by atoms with Gasteiger partial charge in [-0.1, -0.05) is 54.1 Å². The molecular formula is C34H42ClFN4O2. The van der Waals surface area contributed by atoms with Crippen molar-refractivity contribution in [1.29, 1.82) is 0 Å². The average molecular weight is 593 g/mol. The first-order chi connectivity index (χ1) is 20.4. The number of hydrogen-bond donors (Lipinski definition) is 1. The molecule has 2 saturated heterocycles. The van der Waals surface area contributed by atoms with E-state index in [-0.39, 0.29) is 17.6 Å². The van der Waals surface area contributed by atoms with Crippen LogP contribution in [0.2, 0.25) is 5.02 Å². The predicted molar refractivity (Wildman–Crippen MR) is 167 cm³/mol. The molecule has 2 aliphatic rings. The van der Waals surface area contributed by atoms with Crippen LogP contribution in [0.4, 0.5) is 4.39 Å². The van der Waals surface area contributed by atoms with Gasteiger partial charge in [0.15, 0.2) is 0 Å². The number of carbonyl (C=O) groups excluding carboxylic acids is 1. The van der Waals surface area contributed by atoms with Gasteiger partial charge in [0.25, 0.3) is 0 Å². The molecule has 1 amide bonds. The Bertz CT molecular complexity index is 1320. The molecular weight excluding hydrogens is 551 g/mol. The highest BCUT2D eigenvalue weighted by Gasteiger charge is 2.33. The lowest BCUT2D eigenvalue weighted by atomic mass is 9.88. The van der Waals surface area contributed by atoms with E-state index in [0.717, 1.165) is 43.9 Å². The molecule has 8 heteroatoms. The zero-order chi connectivity index (χ0) is 29.5. The van der Waals surface area contributed by atoms with Gasteiger partial charge in [0.1, 0.15) is 11.6 Å². The third-order valence-corrected chi connectivity index (χ3v) is 8.95. The monoisotopic (exact) mass is 592 g/mol. The summed E-state index contributed by atoms with van der Waals surface area (Å²) in [6.45, 7) is 8.26. The highest BCUT2D eigenvalue weighted by molar-refractivity contribution is 6.30. The van der Waals surface area contributed by atoms with Gasteiger partial charge < -0.3 is 20.3 Å². The summed E-state index contributed by atoms with van der Waals surface area (Å²) < 4.78 is 20.1. The van der Waals surface area contributed by atoms with Crippen molar-refractivity contribution in [2.24, 2.45) is 11.7 Å². The van der Waals surface area contributed by atoms with E-state index in [1.54, 1.807) is 6.07 Å². The first kappa shape index (κ1) is 30.5. The summed E-state index contributed by atoms with van der Waals surface area (Å²) in [5.74, 6) is 0.566. The Morgan fingerprint density at radius 3 is 2.43 bits per heavy atom. The Labute approximate surface area is 254 Å². The molecule has 0 saturated carbocycles. The average Bonchev–Trinajstić information content (AvgIpc) is 3.02. The van der Waals surface area contributed by atoms with Gasteiger partial charge in [-0.2, -0.15) is 0 Å². The Kier molecular flexibility index (Phi) is 10.5. The van der Waals surface area contributed by atoms with E-state index >= 15 is 0 Å². The summed E-state index contributed by atoms with van der Waals surface area (Å²) in [7, 11) is 0. The van der Waals surface area contributed by atoms with Gasteiger partial charge in [0.2, 0.25) is 5.91 Å². The third-order valence-electron chi connectivity index (χ3n) is 8.72. The molecule has 0 radical (unpaired) electrons. The summed E-state index contributed by atoms with van der Waals surface area (Å²) in [4.78, 5) is 19.9. The standard InChI is InChI=1S/C34H42ClFN4O2/c1-2-42-32-10-6-9-31(36)30(32)24-39-19-21-40(22-20-39)34(41)33(37)26-13-16-38(17-14-26)18-15-27-23-28(35)11-12-29(27)25-7-4-3-5-8-25/h3-12,23,26,33H,2,13-22,24,37H2,1H3. The molecule has 0 aliphatic carbocycles. The minimum Gasteiger partial charge on any atom is -0.493 e. The highest BCUT2D eigenvalue weighted by atomic mass is 35.5. The van der Waals surface area contributed by atoms with Crippen LogP contribution in [0.1, 0.15) is 30.9 Å². The number of rotatable bonds is 10. The van der Waals surface area contributed by atoms with E-state index in [2.05, 4.69) is 46.2 Å². The van der Waals surface area contributed by atoms with Crippen LogP contribution in [0.3, 0.4) is 0 Å². The molecule has 2 N–H and O–H groups in total. The number of ether oxygens (including phenoxy) is 1. The molecule has 3 aromatic carbocycles. The molecule has 224 valence electrons. The molecule has 2 aliphatic heterocycles. The van der Waals surface area contributed by atoms with E-state index in [1.165, 1.54) is 22.8 Å². The molecule has 2 heterocycles. The van der Waals surface area contributed by atoms with Gasteiger partial charge in [-0.05, 0) is 86.1 Å². The van der Waals surface area contributed by atoms with Crippen LogP contribution in [-0.2, 0) is 17.8 Å². The number of likely N-dealkylation sites (tertiary alicyclic amines) is 1. The summed E-state index contributed by atoms with van der Waals surface area (Å²) in [6, 6.07) is 21.1. The number of hydrogen-bond acceptors (Lipinski definition) is 5. The number of piperidine rings is 1. The smallest absolute Gasteiger partial charge is 0.239 e. The van der Waals surface area contributed by atoms with E-state index in [1.807, 2.05) is 30.0 Å². The first-order valence-electron chi connectivity index (χ1n) is 15.2. The number of nitrogens with two attached hydrogens (primary N) is 1. The topological polar surface area (TPSA) is 62.0 Å². The van der Waals surface area contributed by atoms with Gasteiger partial charge in [0.05, 0.1) is 12.6 Å². The number of piperazine rings is 1. The first-order valence-corrected chi connectivity index (χ1v) is 15.5. The number of benzene rings is 3. The molecule has 5 rings (SSSR count). The maximum absolute atomic E-state index is 14.5. The Balaban J connectivity index is 1.08. The number of nitrogens with zero attached hydrogens (tertiary/aromatic N) is 3. The maximum Gasteiger partial charge on any atom is 0.239 e. The zero-order valence-corrected chi connectivity index (χ0v) is 25.2. The number of amides is 1. The SMILES string of the molecule is CCOc1cccc(F)c1CN1CCN(C(=O)C(N)C2CCN(CCc3cc(Cl)ccc3-c3ccccc3)CC2)CC1. The van der Waals surface area contributed by atoms with Crippen LogP contribution in [0, 0.1) is 11.7 Å². The molecule has 1 atom stereocenters. The van der Waals surface area contributed by atoms with Crippen molar-refractivity contribution in [3.63, 3.8) is 0 Å². The van der Waals surface area contributed by atoms with E-state index < -0.39 is 6.04 Å². The van der Waals surface area contributed by atoms with Gasteiger partial charge in [-0.15, -0.1) is 0 Å². The fraction of sp³-hybridized carbons (Fsp3) is 0.441. The summed E-state index contributed by atoms with van der Waals surface area (Å²) >= 11 is 6.36. The van der Waals surface area contributed by atoms with Crippen molar-refractivity contribution in [3.05, 3.63) is 88.7 Å². The minimum atomic E-state index is -0.479. The van der Waals surface area contributed by atoms with E-state index in [9.17, 15) is 9.18 Å². The fourth-order valence-electron chi connectivity index (χ4n) is 6.23. The molecule has 1 unspecified atom stereocenters. The molecule has 6 nitrogen and oxygen atoms in total. The zero-order valence-electron chi connectivity index (χ0n) is 24.5. The summed E-state index contributed by atoms with van der Waals surface area (Å²) in [6.07, 6.45) is 2.76. The maximum atomic E-state index is 14.5. The van der Waals surface area contributed by atoms with E-state index in [0.29, 0.717) is 50.6 Å². The molecule has 0 aromatic heterocycles. The van der Waals surface area contributed by atoms with Crippen LogP contribution in [-0.4, -0.2) is 79.1 Å². The summed E-state index contributed by atoms with van der Waals surface area (Å²) in [5, 5.41) is 0.760. The third kappa shape index (κ3) is 7.51. The quantitative estimate of drug-likeness (QED) is 0.338. The lowest BCUT2D eigenvalue weighted by Gasteiger charge is -2.39. The van der Waals surface area contributed by atoms with Crippen molar-refractivity contribution in [3.8, 4) is 16.9 Å². The molecule has 0 bridgehead atoms. The second-order valence-electron chi connectivity index (χ2n) is 11.4. The van der Waals surface area contributed by atoms with Crippen LogP contribution >= 0.6 is 11.6 Å². The second-order valence-corrected chi connectivity index (χ2v) is 11.8. The fourth-order valence-corrected chi connectivity index (χ4v) is 6.42. The van der Waals surface area contributed by atoms with Gasteiger partial charge in [0, 0.05) is 49.9 Å². The Morgan fingerprint density at radius 2 is 1.71 bits per heavy atom. The molecule has 3 aromatic rings. The van der Waals surface area contributed by atoms with Crippen molar-refractivity contribution in [1.82, 2.24) is 14.7 Å². The van der Waals surface area contributed by atoms with Crippen molar-refractivity contribution in [2.75, 3.05) is 52.4 Å². The summed E-state index contributed by atoms with van der Waals surface area (Å²) in [5.41, 5.74) is 10.8. The van der Waals surface area contributed by atoms with Crippen molar-refractivity contribution >= 4 is 17.5 Å². The molecule has 0 spiro atoms. The van der Waals surface area contributed by atoms with Crippen LogP contribution in [0.25, 0.3) is 11.1 Å². The van der Waals surface area contributed by atoms with Gasteiger partial charge >= 0.3 is 0 Å². The lowest BCUT2D eigenvalue weighted by Crippen LogP contribution is -2.55. The van der Waals surface area contributed by atoms with Crippen LogP contribution in [0.5, 0.6) is 5.75 Å². The Hall–Kier alpha value is -2.97. The lowest BCUT2D eigenvalue weighted by molar-refractivity contribution is -0.136. The predicted octanol–water partition coefficient (Wildman–Crippen LogP) is 5.47. The largest absolute Gasteiger partial charge is 0.493 e. The molecule has 2 fully saturated rings. The molecule has 42 heavy (non-hydrogen) atoms. The van der Waals surface area contributed by atoms with Crippen LogP contribution < -0.4 is 10.5 Å². The van der Waals surface area contributed by atoms with Crippen LogP contribution in [0.15, 0.2) is 66.7 Å². The van der Waals surface area contributed by atoms with E-state index in [4.69, 9.17) is 22.1 Å². The Morgan fingerprint density at radius 1 is 0.976 bits per heavy atom. The van der Waals surface area contributed by atoms with Gasteiger partial charge in [-0.3, -0.25) is 9.69 Å². The highest BCUT2D eigenvalue weighted by Crippen LogP contribution is 2.28. The normalized spacial score (nSPS) is 17.8. The van der Waals surface area contributed by atoms with Gasteiger partial charge in [-0.25, -0.2) is 4.39 Å². The number of carbonyl (C=O) groups is 1. The second kappa shape index (κ2) is 14.5. The van der Waals surface area contributed by atoms with Crippen molar-refractivity contribution in [2.45, 2.75) is 38.8 Å².